The Morgan fingerprint density at radius 2 is 1.88 bits per heavy atom. The maximum absolute atomic E-state index is 12.2. The predicted molar refractivity (Wildman–Crippen MR) is 97.3 cm³/mol. The standard InChI is InChI=1S/C20H24N2O3/c1-20(2,3)18-8-4-14(13-21-18)5-9-19(23)22-15-6-7-16-17(12-15)25-11-10-24-16/h4,6-8,12-13H,5,9-11H2,1-3H3,(H,22,23). The van der Waals surface area contributed by atoms with Gasteiger partial charge in [0.15, 0.2) is 11.5 Å². The summed E-state index contributed by atoms with van der Waals surface area (Å²) < 4.78 is 11.0. The number of amides is 1. The molecular weight excluding hydrogens is 316 g/mol. The van der Waals surface area contributed by atoms with E-state index < -0.39 is 0 Å². The van der Waals surface area contributed by atoms with E-state index >= 15 is 0 Å². The molecule has 2 aromatic rings. The third-order valence-electron chi connectivity index (χ3n) is 4.06. The molecule has 0 bridgehead atoms. The highest BCUT2D eigenvalue weighted by Gasteiger charge is 2.15. The lowest BCUT2D eigenvalue weighted by Gasteiger charge is -2.19. The topological polar surface area (TPSA) is 60.5 Å². The Morgan fingerprint density at radius 3 is 2.56 bits per heavy atom. The van der Waals surface area contributed by atoms with Gasteiger partial charge in [-0.1, -0.05) is 26.8 Å². The number of carbonyl (C=O) groups excluding carboxylic acids is 1. The minimum atomic E-state index is -0.0309. The number of aromatic nitrogens is 1. The summed E-state index contributed by atoms with van der Waals surface area (Å²) in [7, 11) is 0. The maximum atomic E-state index is 12.2. The number of fused-ring (bicyclic) bond motifs is 1. The van der Waals surface area contributed by atoms with Crippen molar-refractivity contribution in [3.63, 3.8) is 0 Å². The van der Waals surface area contributed by atoms with Crippen LogP contribution in [0.15, 0.2) is 36.5 Å². The molecule has 0 saturated heterocycles. The summed E-state index contributed by atoms with van der Waals surface area (Å²) in [5.41, 5.74) is 2.87. The number of carbonyl (C=O) groups is 1. The van der Waals surface area contributed by atoms with Gasteiger partial charge in [-0.05, 0) is 30.2 Å². The van der Waals surface area contributed by atoms with Gasteiger partial charge in [-0.15, -0.1) is 0 Å². The number of hydrogen-bond donors (Lipinski definition) is 1. The molecule has 1 N–H and O–H groups in total. The second kappa shape index (κ2) is 7.13. The van der Waals surface area contributed by atoms with Crippen LogP contribution in [-0.2, 0) is 16.6 Å². The van der Waals surface area contributed by atoms with Crippen LogP contribution in [0.4, 0.5) is 5.69 Å². The molecule has 0 unspecified atom stereocenters. The zero-order chi connectivity index (χ0) is 17.9. The first kappa shape index (κ1) is 17.3. The van der Waals surface area contributed by atoms with Crippen LogP contribution in [-0.4, -0.2) is 24.1 Å². The molecule has 0 radical (unpaired) electrons. The van der Waals surface area contributed by atoms with E-state index in [2.05, 4.69) is 31.1 Å². The molecule has 0 spiro atoms. The Balaban J connectivity index is 1.54. The molecule has 1 aromatic carbocycles. The van der Waals surface area contributed by atoms with Gasteiger partial charge >= 0.3 is 0 Å². The van der Waals surface area contributed by atoms with Gasteiger partial charge in [-0.2, -0.15) is 0 Å². The van der Waals surface area contributed by atoms with E-state index in [1.165, 1.54) is 0 Å². The number of benzene rings is 1. The number of rotatable bonds is 4. The second-order valence-electron chi connectivity index (χ2n) is 7.21. The fraction of sp³-hybridized carbons (Fsp3) is 0.400. The Morgan fingerprint density at radius 1 is 1.12 bits per heavy atom. The summed E-state index contributed by atoms with van der Waals surface area (Å²) >= 11 is 0. The molecule has 5 heteroatoms. The smallest absolute Gasteiger partial charge is 0.224 e. The quantitative estimate of drug-likeness (QED) is 0.921. The summed E-state index contributed by atoms with van der Waals surface area (Å²) in [6, 6.07) is 9.52. The molecule has 132 valence electrons. The van der Waals surface area contributed by atoms with Gasteiger partial charge in [-0.25, -0.2) is 0 Å². The van der Waals surface area contributed by atoms with Gasteiger partial charge < -0.3 is 14.8 Å². The molecule has 1 aromatic heterocycles. The van der Waals surface area contributed by atoms with Crippen molar-refractivity contribution in [1.29, 1.82) is 0 Å². The molecule has 0 fully saturated rings. The summed E-state index contributed by atoms with van der Waals surface area (Å²) in [5.74, 6) is 1.36. The van der Waals surface area contributed by atoms with Gasteiger partial charge in [0.2, 0.25) is 5.91 Å². The monoisotopic (exact) mass is 340 g/mol. The molecule has 1 aliphatic rings. The van der Waals surface area contributed by atoms with Gasteiger partial charge in [0.25, 0.3) is 0 Å². The lowest BCUT2D eigenvalue weighted by Crippen LogP contribution is -2.16. The fourth-order valence-electron chi connectivity index (χ4n) is 2.62. The zero-order valence-corrected chi connectivity index (χ0v) is 15.0. The van der Waals surface area contributed by atoms with E-state index in [4.69, 9.17) is 9.47 Å². The van der Waals surface area contributed by atoms with Crippen molar-refractivity contribution in [2.45, 2.75) is 39.0 Å². The molecule has 2 heterocycles. The highest BCUT2D eigenvalue weighted by atomic mass is 16.6. The number of ether oxygens (including phenoxy) is 2. The maximum Gasteiger partial charge on any atom is 0.224 e. The Labute approximate surface area is 148 Å². The van der Waals surface area contributed by atoms with Gasteiger partial charge in [-0.3, -0.25) is 9.78 Å². The number of hydrogen-bond acceptors (Lipinski definition) is 4. The number of nitrogens with one attached hydrogen (secondary N) is 1. The SMILES string of the molecule is CC(C)(C)c1ccc(CCC(=O)Nc2ccc3c(c2)OCCO3)cn1. The highest BCUT2D eigenvalue weighted by molar-refractivity contribution is 5.91. The average molecular weight is 340 g/mol. The normalized spacial score (nSPS) is 13.4. The van der Waals surface area contributed by atoms with Gasteiger partial charge in [0.1, 0.15) is 13.2 Å². The summed E-state index contributed by atoms with van der Waals surface area (Å²) in [6.07, 6.45) is 2.93. The van der Waals surface area contributed by atoms with Gasteiger partial charge in [0, 0.05) is 35.5 Å². The first-order valence-corrected chi connectivity index (χ1v) is 8.57. The van der Waals surface area contributed by atoms with Crippen LogP contribution in [0.3, 0.4) is 0 Å². The van der Waals surface area contributed by atoms with Crippen LogP contribution in [0.2, 0.25) is 0 Å². The molecule has 3 rings (SSSR count). The number of aryl methyl sites for hydroxylation is 1. The minimum absolute atomic E-state index is 0.0309. The largest absolute Gasteiger partial charge is 0.486 e. The molecule has 0 aliphatic carbocycles. The first-order chi connectivity index (χ1) is 11.9. The molecule has 0 atom stereocenters. The van der Waals surface area contributed by atoms with Crippen LogP contribution in [0, 0.1) is 0 Å². The predicted octanol–water partition coefficient (Wildman–Crippen LogP) is 3.72. The molecule has 1 amide bonds. The lowest BCUT2D eigenvalue weighted by molar-refractivity contribution is -0.116. The van der Waals surface area contributed by atoms with Crippen molar-refractivity contribution >= 4 is 11.6 Å². The van der Waals surface area contributed by atoms with Gasteiger partial charge in [0.05, 0.1) is 0 Å². The number of pyridine rings is 1. The molecular formula is C20H24N2O3. The average Bonchev–Trinajstić information content (AvgIpc) is 2.59. The summed E-state index contributed by atoms with van der Waals surface area (Å²) in [4.78, 5) is 16.7. The Bertz CT molecular complexity index is 749. The summed E-state index contributed by atoms with van der Waals surface area (Å²) in [5, 5.41) is 2.90. The number of anilines is 1. The van der Waals surface area contributed by atoms with E-state index in [9.17, 15) is 4.79 Å². The molecule has 1 aliphatic heterocycles. The van der Waals surface area contributed by atoms with Crippen molar-refractivity contribution in [2.24, 2.45) is 0 Å². The Hall–Kier alpha value is -2.56. The van der Waals surface area contributed by atoms with E-state index in [0.29, 0.717) is 37.6 Å². The number of nitrogens with zero attached hydrogens (tertiary/aromatic N) is 1. The van der Waals surface area contributed by atoms with Crippen LogP contribution >= 0.6 is 0 Å². The third-order valence-corrected chi connectivity index (χ3v) is 4.06. The van der Waals surface area contributed by atoms with Crippen molar-refractivity contribution in [3.8, 4) is 11.5 Å². The van der Waals surface area contributed by atoms with Crippen LogP contribution in [0.25, 0.3) is 0 Å². The van der Waals surface area contributed by atoms with Crippen LogP contribution in [0.5, 0.6) is 11.5 Å². The van der Waals surface area contributed by atoms with Crippen LogP contribution in [0.1, 0.15) is 38.4 Å². The Kier molecular flexibility index (Phi) is 4.93. The van der Waals surface area contributed by atoms with Crippen molar-refractivity contribution in [2.75, 3.05) is 18.5 Å². The van der Waals surface area contributed by atoms with E-state index in [1.807, 2.05) is 30.5 Å². The van der Waals surface area contributed by atoms with Crippen molar-refractivity contribution < 1.29 is 14.3 Å². The molecule has 5 nitrogen and oxygen atoms in total. The highest BCUT2D eigenvalue weighted by Crippen LogP contribution is 2.32. The molecule has 0 saturated carbocycles. The summed E-state index contributed by atoms with van der Waals surface area (Å²) in [6.45, 7) is 7.49. The van der Waals surface area contributed by atoms with E-state index in [1.54, 1.807) is 6.07 Å². The van der Waals surface area contributed by atoms with E-state index in [0.717, 1.165) is 16.9 Å². The fourth-order valence-corrected chi connectivity index (χ4v) is 2.62. The van der Waals surface area contributed by atoms with Crippen LogP contribution < -0.4 is 14.8 Å². The second-order valence-corrected chi connectivity index (χ2v) is 7.21. The van der Waals surface area contributed by atoms with E-state index in [-0.39, 0.29) is 11.3 Å². The lowest BCUT2D eigenvalue weighted by atomic mass is 9.91. The first-order valence-electron chi connectivity index (χ1n) is 8.57. The zero-order valence-electron chi connectivity index (χ0n) is 15.0. The van der Waals surface area contributed by atoms with Crippen molar-refractivity contribution in [1.82, 2.24) is 4.98 Å². The third kappa shape index (κ3) is 4.50. The van der Waals surface area contributed by atoms with Crippen molar-refractivity contribution in [3.05, 3.63) is 47.8 Å². The minimum Gasteiger partial charge on any atom is -0.486 e. The molecule has 25 heavy (non-hydrogen) atoms.